The SMILES string of the molecule is CCC(C=O)(CC)CN1CCCCC1CCO. The molecule has 0 saturated carbocycles. The first-order chi connectivity index (χ1) is 8.21. The quantitative estimate of drug-likeness (QED) is 0.695. The second-order valence-electron chi connectivity index (χ2n) is 5.32. The van der Waals surface area contributed by atoms with Gasteiger partial charge in [-0.3, -0.25) is 4.90 Å². The monoisotopic (exact) mass is 241 g/mol. The number of hydrogen-bond donors (Lipinski definition) is 1. The third-order valence-electron chi connectivity index (χ3n) is 4.39. The van der Waals surface area contributed by atoms with E-state index < -0.39 is 0 Å². The Morgan fingerprint density at radius 3 is 2.59 bits per heavy atom. The van der Waals surface area contributed by atoms with E-state index >= 15 is 0 Å². The zero-order valence-electron chi connectivity index (χ0n) is 11.3. The Labute approximate surface area is 105 Å². The summed E-state index contributed by atoms with van der Waals surface area (Å²) >= 11 is 0. The number of likely N-dealkylation sites (tertiary alicyclic amines) is 1. The van der Waals surface area contributed by atoms with Gasteiger partial charge in [0, 0.05) is 24.6 Å². The van der Waals surface area contributed by atoms with E-state index in [1.54, 1.807) is 0 Å². The van der Waals surface area contributed by atoms with Crippen LogP contribution in [0.4, 0.5) is 0 Å². The molecule has 0 aromatic carbocycles. The van der Waals surface area contributed by atoms with Gasteiger partial charge >= 0.3 is 0 Å². The third kappa shape index (κ3) is 3.78. The average Bonchev–Trinajstić information content (AvgIpc) is 2.38. The highest BCUT2D eigenvalue weighted by Crippen LogP contribution is 2.29. The molecule has 0 aliphatic carbocycles. The molecule has 1 heterocycles. The van der Waals surface area contributed by atoms with Gasteiger partial charge in [0.1, 0.15) is 6.29 Å². The maximum absolute atomic E-state index is 11.4. The fourth-order valence-electron chi connectivity index (χ4n) is 2.83. The largest absolute Gasteiger partial charge is 0.396 e. The fourth-order valence-corrected chi connectivity index (χ4v) is 2.83. The number of carbonyl (C=O) groups excluding carboxylic acids is 1. The maximum Gasteiger partial charge on any atom is 0.127 e. The second-order valence-corrected chi connectivity index (χ2v) is 5.32. The number of rotatable bonds is 7. The smallest absolute Gasteiger partial charge is 0.127 e. The predicted octanol–water partition coefficient (Wildman–Crippen LogP) is 2.23. The minimum atomic E-state index is -0.176. The number of aliphatic hydroxyl groups is 1. The Hall–Kier alpha value is -0.410. The van der Waals surface area contributed by atoms with Crippen molar-refractivity contribution in [3.63, 3.8) is 0 Å². The van der Waals surface area contributed by atoms with Crippen molar-refractivity contribution in [3.05, 3.63) is 0 Å². The van der Waals surface area contributed by atoms with Crippen LogP contribution in [-0.2, 0) is 4.79 Å². The van der Waals surface area contributed by atoms with Crippen molar-refractivity contribution in [2.24, 2.45) is 5.41 Å². The molecule has 0 radical (unpaired) electrons. The molecule has 1 atom stereocenters. The highest BCUT2D eigenvalue weighted by atomic mass is 16.3. The lowest BCUT2D eigenvalue weighted by molar-refractivity contribution is -0.118. The molecule has 1 saturated heterocycles. The van der Waals surface area contributed by atoms with Crippen molar-refractivity contribution in [1.29, 1.82) is 0 Å². The zero-order chi connectivity index (χ0) is 12.7. The van der Waals surface area contributed by atoms with Crippen molar-refractivity contribution in [1.82, 2.24) is 4.90 Å². The second kappa shape index (κ2) is 7.12. The van der Waals surface area contributed by atoms with E-state index in [0.717, 1.165) is 38.6 Å². The third-order valence-corrected chi connectivity index (χ3v) is 4.39. The van der Waals surface area contributed by atoms with Gasteiger partial charge in [0.05, 0.1) is 0 Å². The Morgan fingerprint density at radius 2 is 2.06 bits per heavy atom. The van der Waals surface area contributed by atoms with Gasteiger partial charge in [-0.15, -0.1) is 0 Å². The van der Waals surface area contributed by atoms with E-state index in [2.05, 4.69) is 18.7 Å². The Kier molecular flexibility index (Phi) is 6.14. The summed E-state index contributed by atoms with van der Waals surface area (Å²) in [5.41, 5.74) is -0.176. The maximum atomic E-state index is 11.4. The van der Waals surface area contributed by atoms with Crippen molar-refractivity contribution < 1.29 is 9.90 Å². The van der Waals surface area contributed by atoms with Crippen LogP contribution in [0.25, 0.3) is 0 Å². The fraction of sp³-hybridized carbons (Fsp3) is 0.929. The van der Waals surface area contributed by atoms with E-state index in [1.165, 1.54) is 19.3 Å². The van der Waals surface area contributed by atoms with Gasteiger partial charge in [-0.05, 0) is 38.6 Å². The van der Waals surface area contributed by atoms with Crippen LogP contribution < -0.4 is 0 Å². The van der Waals surface area contributed by atoms with E-state index in [0.29, 0.717) is 6.04 Å². The van der Waals surface area contributed by atoms with Crippen LogP contribution in [0.3, 0.4) is 0 Å². The highest BCUT2D eigenvalue weighted by molar-refractivity contribution is 5.59. The van der Waals surface area contributed by atoms with Gasteiger partial charge in [0.15, 0.2) is 0 Å². The Morgan fingerprint density at radius 1 is 1.35 bits per heavy atom. The number of piperidine rings is 1. The van der Waals surface area contributed by atoms with Crippen molar-refractivity contribution >= 4 is 6.29 Å². The predicted molar refractivity (Wildman–Crippen MR) is 70.0 cm³/mol. The average molecular weight is 241 g/mol. The van der Waals surface area contributed by atoms with Crippen LogP contribution in [0.2, 0.25) is 0 Å². The number of hydrogen-bond acceptors (Lipinski definition) is 3. The summed E-state index contributed by atoms with van der Waals surface area (Å²) in [7, 11) is 0. The molecule has 1 N–H and O–H groups in total. The van der Waals surface area contributed by atoms with Crippen molar-refractivity contribution in [2.75, 3.05) is 19.7 Å². The molecule has 0 spiro atoms. The summed E-state index contributed by atoms with van der Waals surface area (Å²) in [6, 6.07) is 0.478. The molecular formula is C14H27NO2. The minimum Gasteiger partial charge on any atom is -0.396 e. The molecule has 1 aliphatic heterocycles. The molecule has 100 valence electrons. The molecule has 0 aromatic rings. The van der Waals surface area contributed by atoms with Crippen molar-refractivity contribution in [2.45, 2.75) is 58.4 Å². The van der Waals surface area contributed by atoms with Gasteiger partial charge in [0.25, 0.3) is 0 Å². The molecule has 0 amide bonds. The first-order valence-electron chi connectivity index (χ1n) is 7.02. The van der Waals surface area contributed by atoms with E-state index in [4.69, 9.17) is 5.11 Å². The number of aldehydes is 1. The number of carbonyl (C=O) groups is 1. The molecular weight excluding hydrogens is 214 g/mol. The van der Waals surface area contributed by atoms with Gasteiger partial charge in [0.2, 0.25) is 0 Å². The lowest BCUT2D eigenvalue weighted by Crippen LogP contribution is -2.46. The Balaban J connectivity index is 2.64. The van der Waals surface area contributed by atoms with Crippen LogP contribution in [0, 0.1) is 5.41 Å². The topological polar surface area (TPSA) is 40.5 Å². The lowest BCUT2D eigenvalue weighted by Gasteiger charge is -2.40. The summed E-state index contributed by atoms with van der Waals surface area (Å²) in [4.78, 5) is 13.8. The highest BCUT2D eigenvalue weighted by Gasteiger charge is 2.32. The minimum absolute atomic E-state index is 0.176. The lowest BCUT2D eigenvalue weighted by atomic mass is 9.82. The molecule has 1 rings (SSSR count). The van der Waals surface area contributed by atoms with E-state index in [9.17, 15) is 4.79 Å². The molecule has 1 aliphatic rings. The van der Waals surface area contributed by atoms with Crippen molar-refractivity contribution in [3.8, 4) is 0 Å². The van der Waals surface area contributed by atoms with Gasteiger partial charge < -0.3 is 9.90 Å². The molecule has 0 aromatic heterocycles. The molecule has 0 bridgehead atoms. The number of aliphatic hydroxyl groups excluding tert-OH is 1. The van der Waals surface area contributed by atoms with Gasteiger partial charge in [-0.25, -0.2) is 0 Å². The van der Waals surface area contributed by atoms with Crippen LogP contribution in [0.1, 0.15) is 52.4 Å². The molecule has 1 fully saturated rings. The summed E-state index contributed by atoms with van der Waals surface area (Å²) in [5.74, 6) is 0. The first-order valence-corrected chi connectivity index (χ1v) is 7.02. The van der Waals surface area contributed by atoms with E-state index in [1.807, 2.05) is 0 Å². The van der Waals surface area contributed by atoms with Gasteiger partial charge in [-0.1, -0.05) is 20.3 Å². The summed E-state index contributed by atoms with van der Waals surface area (Å²) in [5, 5.41) is 9.11. The standard InChI is InChI=1S/C14H27NO2/c1-3-14(4-2,12-17)11-15-9-6-5-7-13(15)8-10-16/h12-13,16H,3-11H2,1-2H3. The van der Waals surface area contributed by atoms with Crippen LogP contribution in [0.15, 0.2) is 0 Å². The summed E-state index contributed by atoms with van der Waals surface area (Å²) in [6.07, 6.45) is 7.48. The Bertz CT molecular complexity index is 224. The molecule has 3 nitrogen and oxygen atoms in total. The summed E-state index contributed by atoms with van der Waals surface area (Å²) < 4.78 is 0. The van der Waals surface area contributed by atoms with Crippen LogP contribution >= 0.6 is 0 Å². The summed E-state index contributed by atoms with van der Waals surface area (Å²) in [6.45, 7) is 6.41. The number of nitrogens with zero attached hydrogens (tertiary/aromatic N) is 1. The first kappa shape index (κ1) is 14.7. The molecule has 3 heteroatoms. The molecule has 1 unspecified atom stereocenters. The molecule has 17 heavy (non-hydrogen) atoms. The van der Waals surface area contributed by atoms with Crippen LogP contribution in [0.5, 0.6) is 0 Å². The zero-order valence-corrected chi connectivity index (χ0v) is 11.3. The van der Waals surface area contributed by atoms with E-state index in [-0.39, 0.29) is 12.0 Å². The normalized spacial score (nSPS) is 22.6. The van der Waals surface area contributed by atoms with Crippen LogP contribution in [-0.4, -0.2) is 42.0 Å². The van der Waals surface area contributed by atoms with Gasteiger partial charge in [-0.2, -0.15) is 0 Å².